The summed E-state index contributed by atoms with van der Waals surface area (Å²) in [6, 6.07) is 4.93. The van der Waals surface area contributed by atoms with E-state index in [1.165, 1.54) is 17.6 Å². The molecule has 0 saturated carbocycles. The number of non-ortho nitro benzene ring substituents is 1. The molecule has 0 N–H and O–H groups in total. The third kappa shape index (κ3) is 0.947. The van der Waals surface area contributed by atoms with Gasteiger partial charge in [0.1, 0.15) is 0 Å². The average molecular weight is 180 g/mol. The van der Waals surface area contributed by atoms with Crippen LogP contribution < -0.4 is 0 Å². The van der Waals surface area contributed by atoms with Crippen LogP contribution in [0.1, 0.15) is 0 Å². The highest BCUT2D eigenvalue weighted by Crippen LogP contribution is 2.24. The van der Waals surface area contributed by atoms with Crippen molar-refractivity contribution >= 4 is 28.1 Å². The first-order valence-electron chi connectivity index (χ1n) is 3.26. The SMILES string of the molecule is O=[N+]([O-])c1cccc2csnc12. The van der Waals surface area contributed by atoms with E-state index in [0.29, 0.717) is 5.52 Å². The molecule has 60 valence electrons. The Labute approximate surface area is 71.8 Å². The average Bonchev–Trinajstić information content (AvgIpc) is 2.49. The van der Waals surface area contributed by atoms with Crippen molar-refractivity contribution in [3.8, 4) is 0 Å². The lowest BCUT2D eigenvalue weighted by molar-refractivity contribution is -0.383. The van der Waals surface area contributed by atoms with Crippen molar-refractivity contribution in [2.45, 2.75) is 0 Å². The molecule has 0 bridgehead atoms. The number of nitro groups is 1. The molecule has 1 aromatic carbocycles. The van der Waals surface area contributed by atoms with Gasteiger partial charge in [-0.2, -0.15) is 4.37 Å². The van der Waals surface area contributed by atoms with E-state index >= 15 is 0 Å². The molecule has 0 amide bonds. The number of aromatic nitrogens is 1. The van der Waals surface area contributed by atoms with Crippen molar-refractivity contribution in [1.82, 2.24) is 4.37 Å². The maximum atomic E-state index is 10.5. The molecular formula is C7H4N2O2S. The van der Waals surface area contributed by atoms with Gasteiger partial charge in [0, 0.05) is 16.8 Å². The van der Waals surface area contributed by atoms with Crippen LogP contribution in [0.25, 0.3) is 10.9 Å². The van der Waals surface area contributed by atoms with Gasteiger partial charge in [0.05, 0.1) is 4.92 Å². The summed E-state index contributed by atoms with van der Waals surface area (Å²) >= 11 is 1.23. The predicted octanol–water partition coefficient (Wildman–Crippen LogP) is 2.20. The molecule has 0 aliphatic heterocycles. The highest BCUT2D eigenvalue weighted by atomic mass is 32.1. The van der Waals surface area contributed by atoms with Gasteiger partial charge in [0.2, 0.25) is 0 Å². The third-order valence-corrected chi connectivity index (χ3v) is 2.21. The van der Waals surface area contributed by atoms with Crippen LogP contribution >= 0.6 is 11.5 Å². The van der Waals surface area contributed by atoms with Crippen LogP contribution in [0, 0.1) is 10.1 Å². The van der Waals surface area contributed by atoms with E-state index in [1.807, 2.05) is 6.07 Å². The normalized spacial score (nSPS) is 10.3. The molecule has 0 aliphatic carbocycles. The fourth-order valence-electron chi connectivity index (χ4n) is 1.03. The van der Waals surface area contributed by atoms with E-state index in [0.717, 1.165) is 5.39 Å². The first-order valence-corrected chi connectivity index (χ1v) is 4.10. The first-order chi connectivity index (χ1) is 5.79. The molecule has 0 atom stereocenters. The monoisotopic (exact) mass is 180 g/mol. The zero-order valence-corrected chi connectivity index (χ0v) is 6.75. The van der Waals surface area contributed by atoms with Crippen LogP contribution in [0.2, 0.25) is 0 Å². The second kappa shape index (κ2) is 2.53. The van der Waals surface area contributed by atoms with Crippen LogP contribution in [-0.2, 0) is 0 Å². The lowest BCUT2D eigenvalue weighted by Crippen LogP contribution is -1.87. The third-order valence-electron chi connectivity index (χ3n) is 1.57. The van der Waals surface area contributed by atoms with Gasteiger partial charge in [0.15, 0.2) is 5.52 Å². The van der Waals surface area contributed by atoms with Gasteiger partial charge in [-0.3, -0.25) is 10.1 Å². The summed E-state index contributed by atoms with van der Waals surface area (Å²) < 4.78 is 3.94. The van der Waals surface area contributed by atoms with Gasteiger partial charge in [-0.1, -0.05) is 12.1 Å². The zero-order valence-electron chi connectivity index (χ0n) is 5.93. The second-order valence-electron chi connectivity index (χ2n) is 2.29. The number of fused-ring (bicyclic) bond motifs is 1. The Balaban J connectivity index is 2.82. The summed E-state index contributed by atoms with van der Waals surface area (Å²) in [7, 11) is 0. The van der Waals surface area contributed by atoms with Gasteiger partial charge in [0.25, 0.3) is 5.69 Å². The molecule has 0 saturated heterocycles. The molecule has 4 nitrogen and oxygen atoms in total. The molecule has 0 radical (unpaired) electrons. The molecule has 0 aliphatic rings. The fraction of sp³-hybridized carbons (Fsp3) is 0. The Kier molecular flexibility index (Phi) is 1.51. The maximum Gasteiger partial charge on any atom is 0.296 e. The highest BCUT2D eigenvalue weighted by molar-refractivity contribution is 7.04. The van der Waals surface area contributed by atoms with Gasteiger partial charge < -0.3 is 0 Å². The molecule has 0 fully saturated rings. The minimum atomic E-state index is -0.415. The standard InChI is InChI=1S/C7H4N2O2S/c10-9(11)6-3-1-2-5-4-12-8-7(5)6/h1-4H. The van der Waals surface area contributed by atoms with E-state index in [2.05, 4.69) is 4.37 Å². The molecule has 12 heavy (non-hydrogen) atoms. The second-order valence-corrected chi connectivity index (χ2v) is 2.92. The first kappa shape index (κ1) is 7.17. The summed E-state index contributed by atoms with van der Waals surface area (Å²) in [5.41, 5.74) is 0.557. The molecule has 1 aromatic heterocycles. The van der Waals surface area contributed by atoms with Crippen LogP contribution in [0.4, 0.5) is 5.69 Å². The number of hydrogen-bond acceptors (Lipinski definition) is 4. The lowest BCUT2D eigenvalue weighted by atomic mass is 10.2. The van der Waals surface area contributed by atoms with Crippen molar-refractivity contribution in [1.29, 1.82) is 0 Å². The van der Waals surface area contributed by atoms with Crippen LogP contribution in [0.5, 0.6) is 0 Å². The molecule has 2 aromatic rings. The lowest BCUT2D eigenvalue weighted by Gasteiger charge is -1.90. The van der Waals surface area contributed by atoms with Gasteiger partial charge in [-0.25, -0.2) is 0 Å². The van der Waals surface area contributed by atoms with E-state index in [1.54, 1.807) is 11.4 Å². The number of hydrogen-bond donors (Lipinski definition) is 0. The van der Waals surface area contributed by atoms with E-state index < -0.39 is 4.92 Å². The number of rotatable bonds is 1. The Morgan fingerprint density at radius 3 is 3.08 bits per heavy atom. The van der Waals surface area contributed by atoms with Crippen LogP contribution in [0.3, 0.4) is 0 Å². The van der Waals surface area contributed by atoms with Crippen molar-refractivity contribution in [2.24, 2.45) is 0 Å². The Morgan fingerprint density at radius 1 is 1.50 bits per heavy atom. The summed E-state index contributed by atoms with van der Waals surface area (Å²) in [5.74, 6) is 0. The fourth-order valence-corrected chi connectivity index (χ4v) is 1.69. The maximum absolute atomic E-state index is 10.5. The summed E-state index contributed by atoms with van der Waals surface area (Å²) in [6.07, 6.45) is 0. The number of nitro benzene ring substituents is 1. The largest absolute Gasteiger partial charge is 0.296 e. The molecule has 1 heterocycles. The van der Waals surface area contributed by atoms with E-state index in [9.17, 15) is 10.1 Å². The molecule has 0 spiro atoms. The van der Waals surface area contributed by atoms with Crippen molar-refractivity contribution in [3.63, 3.8) is 0 Å². The Bertz CT molecular complexity index is 438. The predicted molar refractivity (Wildman–Crippen MR) is 46.3 cm³/mol. The molecular weight excluding hydrogens is 176 g/mol. The van der Waals surface area contributed by atoms with Crippen LogP contribution in [0.15, 0.2) is 23.6 Å². The number of benzene rings is 1. The minimum Gasteiger partial charge on any atom is -0.258 e. The van der Waals surface area contributed by atoms with Gasteiger partial charge >= 0.3 is 0 Å². The van der Waals surface area contributed by atoms with Gasteiger partial charge in [-0.05, 0) is 11.5 Å². The Hall–Kier alpha value is -1.49. The highest BCUT2D eigenvalue weighted by Gasteiger charge is 2.12. The van der Waals surface area contributed by atoms with E-state index in [4.69, 9.17) is 0 Å². The van der Waals surface area contributed by atoms with Crippen molar-refractivity contribution in [2.75, 3.05) is 0 Å². The minimum absolute atomic E-state index is 0.0775. The molecule has 0 unspecified atom stereocenters. The summed E-state index contributed by atoms with van der Waals surface area (Å²) in [5, 5.41) is 13.1. The Morgan fingerprint density at radius 2 is 2.33 bits per heavy atom. The number of nitrogens with zero attached hydrogens (tertiary/aromatic N) is 2. The van der Waals surface area contributed by atoms with Gasteiger partial charge in [-0.15, -0.1) is 0 Å². The molecule has 2 rings (SSSR count). The smallest absolute Gasteiger partial charge is 0.258 e. The van der Waals surface area contributed by atoms with Crippen molar-refractivity contribution in [3.05, 3.63) is 33.7 Å². The topological polar surface area (TPSA) is 56.0 Å². The zero-order chi connectivity index (χ0) is 8.55. The quantitative estimate of drug-likeness (QED) is 0.499. The van der Waals surface area contributed by atoms with Crippen molar-refractivity contribution < 1.29 is 4.92 Å². The summed E-state index contributed by atoms with van der Waals surface area (Å²) in [4.78, 5) is 10.1. The molecule has 5 heteroatoms. The van der Waals surface area contributed by atoms with E-state index in [-0.39, 0.29) is 5.69 Å². The van der Waals surface area contributed by atoms with Crippen LogP contribution in [-0.4, -0.2) is 9.30 Å². The summed E-state index contributed by atoms with van der Waals surface area (Å²) in [6.45, 7) is 0.